The van der Waals surface area contributed by atoms with E-state index in [4.69, 9.17) is 0 Å². The topological polar surface area (TPSA) is 47.9 Å². The van der Waals surface area contributed by atoms with Crippen LogP contribution in [0.25, 0.3) is 0 Å². The van der Waals surface area contributed by atoms with Gasteiger partial charge in [-0.25, -0.2) is 4.99 Å². The first-order chi connectivity index (χ1) is 10.1. The minimum Gasteiger partial charge on any atom is -0.356 e. The van der Waals surface area contributed by atoms with Crippen molar-refractivity contribution >= 4 is 11.9 Å². The fourth-order valence-electron chi connectivity index (χ4n) is 2.39. The molecule has 1 aliphatic heterocycles. The molecule has 0 saturated heterocycles. The van der Waals surface area contributed by atoms with Gasteiger partial charge in [0.1, 0.15) is 6.54 Å². The Morgan fingerprint density at radius 1 is 1.33 bits per heavy atom. The SMILES string of the molecule is CCNC(=NCC(=O)N(C)C)N1CCc2ccccc2C1. The number of hydrogen-bond donors (Lipinski definition) is 1. The van der Waals surface area contributed by atoms with Crippen LogP contribution in [-0.4, -0.2) is 55.4 Å². The van der Waals surface area contributed by atoms with Gasteiger partial charge in [0, 0.05) is 33.7 Å². The molecule has 0 saturated carbocycles. The van der Waals surface area contributed by atoms with E-state index >= 15 is 0 Å². The summed E-state index contributed by atoms with van der Waals surface area (Å²) in [6.45, 7) is 4.80. The Kier molecular flexibility index (Phi) is 5.20. The Morgan fingerprint density at radius 3 is 2.71 bits per heavy atom. The summed E-state index contributed by atoms with van der Waals surface area (Å²) in [7, 11) is 3.50. The number of amides is 1. The van der Waals surface area contributed by atoms with E-state index in [0.717, 1.165) is 32.0 Å². The maximum atomic E-state index is 11.7. The van der Waals surface area contributed by atoms with E-state index in [-0.39, 0.29) is 12.5 Å². The Bertz CT molecular complexity index is 525. The van der Waals surface area contributed by atoms with Crippen LogP contribution in [0.1, 0.15) is 18.1 Å². The predicted molar refractivity (Wildman–Crippen MR) is 85.2 cm³/mol. The van der Waals surface area contributed by atoms with Crippen molar-refractivity contribution in [2.45, 2.75) is 19.9 Å². The average Bonchev–Trinajstić information content (AvgIpc) is 2.50. The van der Waals surface area contributed by atoms with E-state index in [9.17, 15) is 4.79 Å². The zero-order valence-corrected chi connectivity index (χ0v) is 13.1. The van der Waals surface area contributed by atoms with E-state index in [0.29, 0.717) is 0 Å². The van der Waals surface area contributed by atoms with Gasteiger partial charge in [0.05, 0.1) is 0 Å². The molecule has 114 valence electrons. The van der Waals surface area contributed by atoms with Gasteiger partial charge >= 0.3 is 0 Å². The van der Waals surface area contributed by atoms with Gasteiger partial charge in [0.2, 0.25) is 5.91 Å². The average molecular weight is 288 g/mol. The molecule has 1 N–H and O–H groups in total. The van der Waals surface area contributed by atoms with Crippen LogP contribution in [0.15, 0.2) is 29.3 Å². The van der Waals surface area contributed by atoms with E-state index in [2.05, 4.69) is 39.5 Å². The van der Waals surface area contributed by atoms with Crippen LogP contribution in [0, 0.1) is 0 Å². The number of rotatable bonds is 3. The molecule has 1 aromatic carbocycles. The molecule has 0 atom stereocenters. The molecule has 0 radical (unpaired) electrons. The van der Waals surface area contributed by atoms with E-state index in [1.807, 2.05) is 6.92 Å². The Morgan fingerprint density at radius 2 is 2.05 bits per heavy atom. The summed E-state index contributed by atoms with van der Waals surface area (Å²) in [5.41, 5.74) is 2.75. The smallest absolute Gasteiger partial charge is 0.243 e. The molecule has 5 nitrogen and oxygen atoms in total. The molecular formula is C16H24N4O. The third kappa shape index (κ3) is 3.97. The van der Waals surface area contributed by atoms with Gasteiger partial charge in [0.25, 0.3) is 0 Å². The summed E-state index contributed by atoms with van der Waals surface area (Å²) in [5.74, 6) is 0.838. The summed E-state index contributed by atoms with van der Waals surface area (Å²) in [6.07, 6.45) is 1.02. The maximum absolute atomic E-state index is 11.7. The molecule has 2 rings (SSSR count). The lowest BCUT2D eigenvalue weighted by atomic mass is 10.0. The van der Waals surface area contributed by atoms with Crippen LogP contribution < -0.4 is 5.32 Å². The minimum atomic E-state index is 0.0165. The minimum absolute atomic E-state index is 0.0165. The van der Waals surface area contributed by atoms with Crippen molar-refractivity contribution in [3.63, 3.8) is 0 Å². The molecule has 1 aliphatic rings. The first-order valence-corrected chi connectivity index (χ1v) is 7.42. The normalized spacial score (nSPS) is 14.6. The molecule has 0 fully saturated rings. The van der Waals surface area contributed by atoms with Crippen LogP contribution in [0.2, 0.25) is 0 Å². The first kappa shape index (κ1) is 15.4. The number of carbonyl (C=O) groups is 1. The highest BCUT2D eigenvalue weighted by Crippen LogP contribution is 2.18. The summed E-state index contributed by atoms with van der Waals surface area (Å²) < 4.78 is 0. The van der Waals surface area contributed by atoms with E-state index in [1.165, 1.54) is 11.1 Å². The molecule has 1 aromatic rings. The maximum Gasteiger partial charge on any atom is 0.243 e. The lowest BCUT2D eigenvalue weighted by Crippen LogP contribution is -2.44. The number of benzene rings is 1. The molecular weight excluding hydrogens is 264 g/mol. The second-order valence-corrected chi connectivity index (χ2v) is 5.40. The Labute approximate surface area is 126 Å². The van der Waals surface area contributed by atoms with Crippen LogP contribution in [-0.2, 0) is 17.8 Å². The summed E-state index contributed by atoms with van der Waals surface area (Å²) in [6, 6.07) is 8.51. The highest BCUT2D eigenvalue weighted by molar-refractivity contribution is 5.85. The van der Waals surface area contributed by atoms with Crippen molar-refractivity contribution < 1.29 is 4.79 Å². The quantitative estimate of drug-likeness (QED) is 0.669. The Balaban J connectivity index is 2.09. The molecule has 1 heterocycles. The third-order valence-corrected chi connectivity index (χ3v) is 3.63. The lowest BCUT2D eigenvalue weighted by Gasteiger charge is -2.31. The predicted octanol–water partition coefficient (Wildman–Crippen LogP) is 1.10. The standard InChI is InChI=1S/C16H24N4O/c1-4-17-16(18-11-15(21)19(2)3)20-10-9-13-7-5-6-8-14(13)12-20/h5-8H,4,9-12H2,1-3H3,(H,17,18). The molecule has 0 bridgehead atoms. The number of nitrogens with zero attached hydrogens (tertiary/aromatic N) is 3. The number of nitrogens with one attached hydrogen (secondary N) is 1. The van der Waals surface area contributed by atoms with Crippen LogP contribution in [0.5, 0.6) is 0 Å². The zero-order chi connectivity index (χ0) is 15.2. The second-order valence-electron chi connectivity index (χ2n) is 5.40. The fourth-order valence-corrected chi connectivity index (χ4v) is 2.39. The number of hydrogen-bond acceptors (Lipinski definition) is 2. The summed E-state index contributed by atoms with van der Waals surface area (Å²) in [4.78, 5) is 20.0. The largest absolute Gasteiger partial charge is 0.356 e. The van der Waals surface area contributed by atoms with Gasteiger partial charge < -0.3 is 15.1 Å². The summed E-state index contributed by atoms with van der Waals surface area (Å²) >= 11 is 0. The first-order valence-electron chi connectivity index (χ1n) is 7.42. The number of aliphatic imine (C=N–C) groups is 1. The molecule has 0 unspecified atom stereocenters. The van der Waals surface area contributed by atoms with Crippen molar-refractivity contribution in [1.29, 1.82) is 0 Å². The second kappa shape index (κ2) is 7.11. The molecule has 0 spiro atoms. The van der Waals surface area contributed by atoms with Crippen molar-refractivity contribution in [3.8, 4) is 0 Å². The fraction of sp³-hybridized carbons (Fsp3) is 0.500. The van der Waals surface area contributed by atoms with Gasteiger partial charge in [-0.1, -0.05) is 24.3 Å². The van der Waals surface area contributed by atoms with E-state index < -0.39 is 0 Å². The van der Waals surface area contributed by atoms with Crippen molar-refractivity contribution in [1.82, 2.24) is 15.1 Å². The molecule has 21 heavy (non-hydrogen) atoms. The van der Waals surface area contributed by atoms with Crippen LogP contribution in [0.4, 0.5) is 0 Å². The van der Waals surface area contributed by atoms with Crippen molar-refractivity contribution in [3.05, 3.63) is 35.4 Å². The third-order valence-electron chi connectivity index (χ3n) is 3.63. The number of carbonyl (C=O) groups excluding carboxylic acids is 1. The monoisotopic (exact) mass is 288 g/mol. The Hall–Kier alpha value is -2.04. The highest BCUT2D eigenvalue weighted by atomic mass is 16.2. The van der Waals surface area contributed by atoms with Crippen molar-refractivity contribution in [2.75, 3.05) is 33.7 Å². The molecule has 1 amide bonds. The molecule has 0 aliphatic carbocycles. The molecule has 0 aromatic heterocycles. The number of fused-ring (bicyclic) bond motifs is 1. The van der Waals surface area contributed by atoms with Gasteiger partial charge in [-0.05, 0) is 24.5 Å². The zero-order valence-electron chi connectivity index (χ0n) is 13.1. The van der Waals surface area contributed by atoms with Crippen molar-refractivity contribution in [2.24, 2.45) is 4.99 Å². The summed E-state index contributed by atoms with van der Waals surface area (Å²) in [5, 5.41) is 3.28. The lowest BCUT2D eigenvalue weighted by molar-refractivity contribution is -0.127. The number of guanidine groups is 1. The van der Waals surface area contributed by atoms with Gasteiger partial charge in [0.15, 0.2) is 5.96 Å². The van der Waals surface area contributed by atoms with Gasteiger partial charge in [-0.2, -0.15) is 0 Å². The van der Waals surface area contributed by atoms with E-state index in [1.54, 1.807) is 19.0 Å². The number of likely N-dealkylation sites (N-methyl/N-ethyl adjacent to an activating group) is 1. The van der Waals surface area contributed by atoms with Gasteiger partial charge in [-0.3, -0.25) is 4.79 Å². The highest BCUT2D eigenvalue weighted by Gasteiger charge is 2.18. The molecule has 5 heteroatoms. The van der Waals surface area contributed by atoms with Gasteiger partial charge in [-0.15, -0.1) is 0 Å². The van der Waals surface area contributed by atoms with Crippen LogP contribution >= 0.6 is 0 Å². The van der Waals surface area contributed by atoms with Crippen LogP contribution in [0.3, 0.4) is 0 Å².